The lowest BCUT2D eigenvalue weighted by molar-refractivity contribution is 0.0607. The highest BCUT2D eigenvalue weighted by atomic mass is 16.5. The highest BCUT2D eigenvalue weighted by Gasteiger charge is 2.32. The second-order valence-corrected chi connectivity index (χ2v) is 5.20. The average Bonchev–Trinajstić information content (AvgIpc) is 2.25. The summed E-state index contributed by atoms with van der Waals surface area (Å²) in [4.78, 5) is 0. The van der Waals surface area contributed by atoms with Crippen molar-refractivity contribution in [1.82, 2.24) is 5.32 Å². The fourth-order valence-corrected chi connectivity index (χ4v) is 2.52. The van der Waals surface area contributed by atoms with Crippen molar-refractivity contribution >= 4 is 0 Å². The molecule has 0 bridgehead atoms. The molecule has 92 valence electrons. The predicted molar refractivity (Wildman–Crippen MR) is 66.2 cm³/mol. The molecule has 2 atom stereocenters. The molecule has 3 nitrogen and oxygen atoms in total. The molecule has 1 fully saturated rings. The van der Waals surface area contributed by atoms with Gasteiger partial charge in [0.1, 0.15) is 18.5 Å². The molecule has 3 rings (SSSR count). The molecule has 1 aliphatic carbocycles. The minimum Gasteiger partial charge on any atom is -0.491 e. The van der Waals surface area contributed by atoms with Crippen molar-refractivity contribution in [2.45, 2.75) is 44.4 Å². The van der Waals surface area contributed by atoms with E-state index in [1.54, 1.807) is 0 Å². The Balaban J connectivity index is 1.77. The number of hydrogen-bond donors (Lipinski definition) is 2. The fraction of sp³-hybridized carbons (Fsp3) is 0.571. The summed E-state index contributed by atoms with van der Waals surface area (Å²) in [5.41, 5.74) is 2.08. The van der Waals surface area contributed by atoms with Crippen LogP contribution in [0.1, 0.15) is 36.5 Å². The van der Waals surface area contributed by atoms with Gasteiger partial charge in [-0.3, -0.25) is 0 Å². The molecular formula is C14H19NO2. The van der Waals surface area contributed by atoms with Crippen molar-refractivity contribution in [2.75, 3.05) is 6.61 Å². The average molecular weight is 233 g/mol. The Labute approximate surface area is 102 Å². The molecule has 0 saturated heterocycles. The molecule has 17 heavy (non-hydrogen) atoms. The zero-order chi connectivity index (χ0) is 11.8. The summed E-state index contributed by atoms with van der Waals surface area (Å²) >= 11 is 0. The third-order valence-corrected chi connectivity index (χ3v) is 3.84. The van der Waals surface area contributed by atoms with Crippen molar-refractivity contribution < 1.29 is 9.84 Å². The van der Waals surface area contributed by atoms with E-state index in [1.165, 1.54) is 24.8 Å². The molecule has 0 aromatic heterocycles. The lowest BCUT2D eigenvalue weighted by atomic mass is 9.90. The second-order valence-electron chi connectivity index (χ2n) is 5.20. The van der Waals surface area contributed by atoms with Crippen LogP contribution in [0.2, 0.25) is 0 Å². The monoisotopic (exact) mass is 233 g/mol. The summed E-state index contributed by atoms with van der Waals surface area (Å²) in [6.45, 7) is 2.60. The molecule has 0 amide bonds. The van der Waals surface area contributed by atoms with Crippen molar-refractivity contribution in [3.05, 3.63) is 29.3 Å². The number of aliphatic hydroxyl groups is 1. The summed E-state index contributed by atoms with van der Waals surface area (Å²) in [6, 6.07) is 6.61. The zero-order valence-electron chi connectivity index (χ0n) is 10.1. The predicted octanol–water partition coefficient (Wildman–Crippen LogP) is 1.93. The van der Waals surface area contributed by atoms with E-state index < -0.39 is 6.10 Å². The van der Waals surface area contributed by atoms with Crippen LogP contribution in [0.25, 0.3) is 0 Å². The number of nitrogens with one attached hydrogen (secondary N) is 1. The normalized spacial score (nSPS) is 28.1. The van der Waals surface area contributed by atoms with Crippen LogP contribution in [0.3, 0.4) is 0 Å². The van der Waals surface area contributed by atoms with E-state index in [1.807, 2.05) is 25.1 Å². The Morgan fingerprint density at radius 3 is 2.88 bits per heavy atom. The van der Waals surface area contributed by atoms with Gasteiger partial charge in [-0.1, -0.05) is 18.6 Å². The smallest absolute Gasteiger partial charge is 0.125 e. The Kier molecular flexibility index (Phi) is 2.81. The maximum absolute atomic E-state index is 10.3. The summed E-state index contributed by atoms with van der Waals surface area (Å²) in [5.74, 6) is 0.837. The quantitative estimate of drug-likeness (QED) is 0.820. The van der Waals surface area contributed by atoms with Crippen molar-refractivity contribution in [3.63, 3.8) is 0 Å². The van der Waals surface area contributed by atoms with Gasteiger partial charge in [-0.25, -0.2) is 0 Å². The van der Waals surface area contributed by atoms with Gasteiger partial charge in [0.15, 0.2) is 0 Å². The first-order chi connectivity index (χ1) is 8.24. The van der Waals surface area contributed by atoms with Gasteiger partial charge < -0.3 is 15.2 Å². The molecule has 3 heteroatoms. The first-order valence-electron chi connectivity index (χ1n) is 6.41. The third kappa shape index (κ3) is 2.05. The van der Waals surface area contributed by atoms with Gasteiger partial charge in [0, 0.05) is 11.6 Å². The van der Waals surface area contributed by atoms with Gasteiger partial charge in [0.25, 0.3) is 0 Å². The third-order valence-electron chi connectivity index (χ3n) is 3.84. The maximum Gasteiger partial charge on any atom is 0.125 e. The molecule has 1 saturated carbocycles. The molecule has 1 aromatic rings. The first kappa shape index (κ1) is 11.1. The van der Waals surface area contributed by atoms with Crippen LogP contribution >= 0.6 is 0 Å². The van der Waals surface area contributed by atoms with Crippen molar-refractivity contribution in [2.24, 2.45) is 0 Å². The molecule has 1 aliphatic heterocycles. The van der Waals surface area contributed by atoms with Crippen LogP contribution in [0.5, 0.6) is 5.75 Å². The van der Waals surface area contributed by atoms with Crippen molar-refractivity contribution in [3.8, 4) is 5.75 Å². The Morgan fingerprint density at radius 1 is 1.35 bits per heavy atom. The van der Waals surface area contributed by atoms with E-state index in [0.29, 0.717) is 12.6 Å². The number of aliphatic hydroxyl groups excluding tert-OH is 1. The standard InChI is InChI=1S/C14H19NO2/c1-9-5-6-11-13(7-9)17-8-12(14(11)16)15-10-3-2-4-10/h5-7,10,12,14-16H,2-4,8H2,1H3/t12-,14+/m1/s1. The molecule has 0 radical (unpaired) electrons. The summed E-state index contributed by atoms with van der Waals surface area (Å²) in [5, 5.41) is 13.8. The summed E-state index contributed by atoms with van der Waals surface area (Å²) < 4.78 is 5.73. The van der Waals surface area contributed by atoms with Crippen LogP contribution in [0, 0.1) is 6.92 Å². The molecule has 1 aromatic carbocycles. The number of fused-ring (bicyclic) bond motifs is 1. The number of aryl methyl sites for hydroxylation is 1. The molecule has 0 unspecified atom stereocenters. The minimum atomic E-state index is -0.444. The molecule has 2 aliphatic rings. The van der Waals surface area contributed by atoms with E-state index in [0.717, 1.165) is 11.3 Å². The number of rotatable bonds is 2. The van der Waals surface area contributed by atoms with Crippen LogP contribution in [0.15, 0.2) is 18.2 Å². The van der Waals surface area contributed by atoms with E-state index in [2.05, 4.69) is 5.32 Å². The van der Waals surface area contributed by atoms with Crippen LogP contribution < -0.4 is 10.1 Å². The Hall–Kier alpha value is -1.06. The molecule has 1 heterocycles. The van der Waals surface area contributed by atoms with Gasteiger partial charge >= 0.3 is 0 Å². The topological polar surface area (TPSA) is 41.5 Å². The van der Waals surface area contributed by atoms with Gasteiger partial charge in [0.05, 0.1) is 6.04 Å². The van der Waals surface area contributed by atoms with Gasteiger partial charge in [-0.05, 0) is 31.4 Å². The van der Waals surface area contributed by atoms with Gasteiger partial charge in [-0.15, -0.1) is 0 Å². The Morgan fingerprint density at radius 2 is 2.18 bits per heavy atom. The second kappa shape index (κ2) is 4.31. The number of ether oxygens (including phenoxy) is 1. The summed E-state index contributed by atoms with van der Waals surface area (Å²) in [7, 11) is 0. The molecule has 2 N–H and O–H groups in total. The molecular weight excluding hydrogens is 214 g/mol. The fourth-order valence-electron chi connectivity index (χ4n) is 2.52. The van der Waals surface area contributed by atoms with E-state index in [-0.39, 0.29) is 6.04 Å². The van der Waals surface area contributed by atoms with Crippen LogP contribution in [-0.4, -0.2) is 23.8 Å². The SMILES string of the molecule is Cc1ccc2c(c1)OC[C@@H](NC1CCC1)[C@H]2O. The number of benzene rings is 1. The van der Waals surface area contributed by atoms with Crippen molar-refractivity contribution in [1.29, 1.82) is 0 Å². The lowest BCUT2D eigenvalue weighted by Crippen LogP contribution is -2.49. The maximum atomic E-state index is 10.3. The van der Waals surface area contributed by atoms with E-state index in [4.69, 9.17) is 4.74 Å². The highest BCUT2D eigenvalue weighted by molar-refractivity contribution is 5.40. The van der Waals surface area contributed by atoms with E-state index in [9.17, 15) is 5.11 Å². The van der Waals surface area contributed by atoms with Gasteiger partial charge in [-0.2, -0.15) is 0 Å². The minimum absolute atomic E-state index is 0.0375. The van der Waals surface area contributed by atoms with Crippen LogP contribution in [0.4, 0.5) is 0 Å². The first-order valence-corrected chi connectivity index (χ1v) is 6.41. The molecule has 0 spiro atoms. The number of hydrogen-bond acceptors (Lipinski definition) is 3. The Bertz CT molecular complexity index is 415. The summed E-state index contributed by atoms with van der Waals surface area (Å²) in [6.07, 6.45) is 3.31. The van der Waals surface area contributed by atoms with E-state index >= 15 is 0 Å². The highest BCUT2D eigenvalue weighted by Crippen LogP contribution is 2.33. The van der Waals surface area contributed by atoms with Gasteiger partial charge in [0.2, 0.25) is 0 Å². The largest absolute Gasteiger partial charge is 0.491 e. The lowest BCUT2D eigenvalue weighted by Gasteiger charge is -2.36. The van der Waals surface area contributed by atoms with Crippen LogP contribution in [-0.2, 0) is 0 Å². The zero-order valence-corrected chi connectivity index (χ0v) is 10.1.